The normalized spacial score (nSPS) is 17.0. The average molecular weight is 608 g/mol. The van der Waals surface area contributed by atoms with Crippen LogP contribution < -0.4 is 5.73 Å². The van der Waals surface area contributed by atoms with Crippen molar-refractivity contribution in [2.45, 2.75) is 16.1 Å². The molecule has 0 saturated heterocycles. The fourth-order valence-electron chi connectivity index (χ4n) is 7.79. The number of nitrogen functional groups attached to an aromatic ring is 1. The van der Waals surface area contributed by atoms with E-state index in [1.54, 1.807) is 0 Å². The third kappa shape index (κ3) is 3.62. The molecule has 3 heterocycles. The minimum atomic E-state index is 0.406. The fourth-order valence-corrected chi connectivity index (χ4v) is 9.28. The number of anilines is 1. The van der Waals surface area contributed by atoms with Crippen molar-refractivity contribution in [1.82, 2.24) is 9.13 Å². The van der Waals surface area contributed by atoms with E-state index in [1.807, 2.05) is 17.8 Å². The highest BCUT2D eigenvalue weighted by Crippen LogP contribution is 2.53. The number of nitrogens with zero attached hydrogens (tertiary/aromatic N) is 2. The van der Waals surface area contributed by atoms with Crippen molar-refractivity contribution in [3.8, 4) is 22.5 Å². The molecular formula is C42H29N3S. The van der Waals surface area contributed by atoms with Gasteiger partial charge in [-0.2, -0.15) is 0 Å². The smallest absolute Gasteiger partial charge is 0.0552 e. The molecule has 0 radical (unpaired) electrons. The Labute approximate surface area is 270 Å². The zero-order valence-corrected chi connectivity index (χ0v) is 25.8. The molecule has 2 aromatic heterocycles. The van der Waals surface area contributed by atoms with Crippen LogP contribution in [0.4, 0.5) is 5.69 Å². The van der Waals surface area contributed by atoms with Gasteiger partial charge >= 0.3 is 0 Å². The van der Waals surface area contributed by atoms with Crippen LogP contribution in [0.1, 0.15) is 11.5 Å². The Bertz CT molecular complexity index is 2530. The predicted octanol–water partition coefficient (Wildman–Crippen LogP) is 10.8. The molecule has 6 aromatic carbocycles. The van der Waals surface area contributed by atoms with E-state index >= 15 is 0 Å². The largest absolute Gasteiger partial charge is 0.399 e. The molecule has 4 heteroatoms. The minimum Gasteiger partial charge on any atom is -0.399 e. The lowest BCUT2D eigenvalue weighted by Gasteiger charge is -2.15. The molecular weight excluding hydrogens is 579 g/mol. The van der Waals surface area contributed by atoms with Crippen molar-refractivity contribution >= 4 is 61.1 Å². The Morgan fingerprint density at radius 3 is 2.07 bits per heavy atom. The van der Waals surface area contributed by atoms with Gasteiger partial charge < -0.3 is 14.9 Å². The van der Waals surface area contributed by atoms with Crippen LogP contribution in [0.3, 0.4) is 0 Å². The molecule has 0 saturated carbocycles. The second-order valence-corrected chi connectivity index (χ2v) is 13.5. The third-order valence-corrected chi connectivity index (χ3v) is 11.2. The molecule has 2 aliphatic rings. The van der Waals surface area contributed by atoms with Crippen molar-refractivity contribution in [3.63, 3.8) is 0 Å². The van der Waals surface area contributed by atoms with Gasteiger partial charge in [0.15, 0.2) is 0 Å². The van der Waals surface area contributed by atoms with E-state index in [9.17, 15) is 0 Å². The topological polar surface area (TPSA) is 35.9 Å². The zero-order valence-electron chi connectivity index (χ0n) is 25.0. The van der Waals surface area contributed by atoms with Crippen molar-refractivity contribution in [3.05, 3.63) is 157 Å². The Balaban J connectivity index is 1.28. The number of aromatic nitrogens is 2. The summed E-state index contributed by atoms with van der Waals surface area (Å²) in [6.07, 6.45) is 9.11. The Morgan fingerprint density at radius 1 is 0.565 bits per heavy atom. The summed E-state index contributed by atoms with van der Waals surface area (Å²) in [5.41, 5.74) is 18.1. The first-order chi connectivity index (χ1) is 22.7. The van der Waals surface area contributed by atoms with Gasteiger partial charge in [-0.05, 0) is 71.8 Å². The van der Waals surface area contributed by atoms with Crippen molar-refractivity contribution in [2.75, 3.05) is 5.73 Å². The van der Waals surface area contributed by atoms with Crippen LogP contribution in [0.15, 0.2) is 157 Å². The third-order valence-electron chi connectivity index (χ3n) is 9.78. The molecule has 1 aliphatic heterocycles. The Kier molecular flexibility index (Phi) is 5.49. The summed E-state index contributed by atoms with van der Waals surface area (Å²) in [4.78, 5) is 1.40. The number of nitrogens with two attached hydrogens (primary N) is 1. The quantitative estimate of drug-likeness (QED) is 0.203. The number of hydrogen-bond donors (Lipinski definition) is 1. The second kappa shape index (κ2) is 9.77. The highest BCUT2D eigenvalue weighted by molar-refractivity contribution is 8.00. The van der Waals surface area contributed by atoms with E-state index in [0.29, 0.717) is 11.2 Å². The first-order valence-electron chi connectivity index (χ1n) is 15.8. The van der Waals surface area contributed by atoms with E-state index < -0.39 is 0 Å². The molecule has 8 aromatic rings. The lowest BCUT2D eigenvalue weighted by molar-refractivity contribution is 0.883. The lowest BCUT2D eigenvalue weighted by atomic mass is 9.91. The second-order valence-electron chi connectivity index (χ2n) is 12.3. The number of para-hydroxylation sites is 3. The van der Waals surface area contributed by atoms with Crippen LogP contribution in [0.25, 0.3) is 66.1 Å². The molecule has 3 nitrogen and oxygen atoms in total. The van der Waals surface area contributed by atoms with Crippen LogP contribution in [0.2, 0.25) is 0 Å². The highest BCUT2D eigenvalue weighted by atomic mass is 32.2. The molecule has 218 valence electrons. The maximum Gasteiger partial charge on any atom is 0.0552 e. The van der Waals surface area contributed by atoms with Gasteiger partial charge in [0.2, 0.25) is 0 Å². The molecule has 0 fully saturated rings. The summed E-state index contributed by atoms with van der Waals surface area (Å²) in [7, 11) is 0. The van der Waals surface area contributed by atoms with E-state index in [4.69, 9.17) is 5.73 Å². The van der Waals surface area contributed by atoms with Gasteiger partial charge in [0, 0.05) is 54.5 Å². The molecule has 2 unspecified atom stereocenters. The molecule has 10 rings (SSSR count). The maximum absolute atomic E-state index is 6.54. The Hall–Kier alpha value is -5.45. The first-order valence-corrected chi connectivity index (χ1v) is 16.7. The van der Waals surface area contributed by atoms with E-state index in [1.165, 1.54) is 59.8 Å². The summed E-state index contributed by atoms with van der Waals surface area (Å²) in [5, 5.41) is 5.53. The molecule has 46 heavy (non-hydrogen) atoms. The monoisotopic (exact) mass is 607 g/mol. The van der Waals surface area contributed by atoms with Crippen LogP contribution >= 0.6 is 11.8 Å². The van der Waals surface area contributed by atoms with Crippen LogP contribution in [-0.2, 0) is 0 Å². The number of allylic oxidation sites excluding steroid dienone is 3. The predicted molar refractivity (Wildman–Crippen MR) is 196 cm³/mol. The number of hydrogen-bond acceptors (Lipinski definition) is 2. The first kappa shape index (κ1) is 25.8. The molecule has 0 bridgehead atoms. The Morgan fingerprint density at radius 2 is 1.26 bits per heavy atom. The highest BCUT2D eigenvalue weighted by Gasteiger charge is 2.33. The van der Waals surface area contributed by atoms with Gasteiger partial charge in [-0.25, -0.2) is 0 Å². The SMILES string of the molecule is Nc1ccc(-n2c3ccccc3c3ccccc32)c(-c2ccc3c(c2)c2c4c(ccc2n3-c2ccccc2)C2C=CC=CC2S4)c1. The van der Waals surface area contributed by atoms with Crippen molar-refractivity contribution in [2.24, 2.45) is 0 Å². The summed E-state index contributed by atoms with van der Waals surface area (Å²) in [5.74, 6) is 0.406. The number of rotatable bonds is 3. The summed E-state index contributed by atoms with van der Waals surface area (Å²) >= 11 is 2.01. The number of benzene rings is 6. The maximum atomic E-state index is 6.54. The van der Waals surface area contributed by atoms with Crippen molar-refractivity contribution in [1.29, 1.82) is 0 Å². The fraction of sp³-hybridized carbons (Fsp3) is 0.0476. The van der Waals surface area contributed by atoms with Gasteiger partial charge in [0.25, 0.3) is 0 Å². The van der Waals surface area contributed by atoms with Gasteiger partial charge in [0.05, 0.1) is 27.8 Å². The molecule has 0 spiro atoms. The average Bonchev–Trinajstić information content (AvgIpc) is 3.76. The van der Waals surface area contributed by atoms with E-state index in [2.05, 4.69) is 155 Å². The number of fused-ring (bicyclic) bond motifs is 10. The summed E-state index contributed by atoms with van der Waals surface area (Å²) in [6.45, 7) is 0. The minimum absolute atomic E-state index is 0.406. The molecule has 0 amide bonds. The number of thioether (sulfide) groups is 1. The van der Waals surface area contributed by atoms with Crippen molar-refractivity contribution < 1.29 is 0 Å². The van der Waals surface area contributed by atoms with Crippen LogP contribution in [-0.4, -0.2) is 14.4 Å². The van der Waals surface area contributed by atoms with Crippen LogP contribution in [0, 0.1) is 0 Å². The standard InChI is InChI=1S/C42H29N3S/c43-27-19-22-37(45-35-15-7-4-12-29(35)30-13-5-8-16-36(30)45)33(25-27)26-18-21-38-34(24-26)41-39(44(38)28-10-2-1-3-11-28)23-20-32-31-14-6-9-17-40(31)46-42(32)41/h1-25,31,40H,43H2. The molecule has 2 N–H and O–H groups in total. The molecule has 1 aliphatic carbocycles. The zero-order chi connectivity index (χ0) is 30.4. The summed E-state index contributed by atoms with van der Waals surface area (Å²) < 4.78 is 4.82. The van der Waals surface area contributed by atoms with Gasteiger partial charge in [-0.15, -0.1) is 11.8 Å². The lowest BCUT2D eigenvalue weighted by Crippen LogP contribution is -2.06. The van der Waals surface area contributed by atoms with E-state index in [0.717, 1.165) is 22.5 Å². The summed E-state index contributed by atoms with van der Waals surface area (Å²) in [6, 6.07) is 46.1. The van der Waals surface area contributed by atoms with Gasteiger partial charge in [-0.1, -0.05) is 91.0 Å². The van der Waals surface area contributed by atoms with Gasteiger partial charge in [0.1, 0.15) is 0 Å². The molecule has 2 atom stereocenters. The van der Waals surface area contributed by atoms with Crippen LogP contribution in [0.5, 0.6) is 0 Å². The van der Waals surface area contributed by atoms with Gasteiger partial charge in [-0.3, -0.25) is 0 Å². The van der Waals surface area contributed by atoms with E-state index in [-0.39, 0.29) is 0 Å².